The third kappa shape index (κ3) is 1.82. The van der Waals surface area contributed by atoms with Gasteiger partial charge in [-0.3, -0.25) is 14.3 Å². The summed E-state index contributed by atoms with van der Waals surface area (Å²) in [5.41, 5.74) is 0.877. The number of aliphatic hydroxyl groups excluding tert-OH is 1. The van der Waals surface area contributed by atoms with E-state index in [0.717, 1.165) is 0 Å². The Balaban J connectivity index is 1.85. The van der Waals surface area contributed by atoms with Crippen LogP contribution in [0, 0.1) is 5.92 Å². The highest BCUT2D eigenvalue weighted by molar-refractivity contribution is 8.09. The van der Waals surface area contributed by atoms with Crippen LogP contribution in [0.3, 0.4) is 0 Å². The van der Waals surface area contributed by atoms with Gasteiger partial charge in [-0.05, 0) is 6.92 Å². The minimum Gasteiger partial charge on any atom is -0.476 e. The van der Waals surface area contributed by atoms with Crippen molar-refractivity contribution in [3.63, 3.8) is 0 Å². The number of hydrogen-bond acceptors (Lipinski definition) is 7. The van der Waals surface area contributed by atoms with E-state index in [1.165, 1.54) is 47.0 Å². The van der Waals surface area contributed by atoms with Gasteiger partial charge in [-0.15, -0.1) is 0 Å². The van der Waals surface area contributed by atoms with Crippen LogP contribution in [-0.2, 0) is 9.59 Å². The van der Waals surface area contributed by atoms with E-state index in [1.54, 1.807) is 0 Å². The summed E-state index contributed by atoms with van der Waals surface area (Å²) >= 11 is 1.22. The number of carbonyl (C=O) groups excluding carboxylic acids is 1. The zero-order valence-electron chi connectivity index (χ0n) is 11.8. The summed E-state index contributed by atoms with van der Waals surface area (Å²) < 4.78 is 1.54. The van der Waals surface area contributed by atoms with Crippen molar-refractivity contribution in [2.75, 3.05) is 0 Å². The van der Waals surface area contributed by atoms with Gasteiger partial charge in [-0.25, -0.2) is 19.7 Å². The fraction of sp³-hybridized carbons (Fsp3) is 0.308. The Bertz CT molecular complexity index is 876. The fourth-order valence-corrected chi connectivity index (χ4v) is 4.43. The van der Waals surface area contributed by atoms with E-state index in [9.17, 15) is 19.8 Å². The van der Waals surface area contributed by atoms with Gasteiger partial charge in [-0.2, -0.15) is 0 Å². The molecule has 23 heavy (non-hydrogen) atoms. The summed E-state index contributed by atoms with van der Waals surface area (Å²) in [7, 11) is 0. The van der Waals surface area contributed by atoms with Crippen LogP contribution in [0.5, 0.6) is 0 Å². The molecular weight excluding hydrogens is 322 g/mol. The van der Waals surface area contributed by atoms with E-state index < -0.39 is 23.4 Å². The Morgan fingerprint density at radius 1 is 1.43 bits per heavy atom. The van der Waals surface area contributed by atoms with Gasteiger partial charge in [0, 0.05) is 0 Å². The largest absolute Gasteiger partial charge is 0.476 e. The quantitative estimate of drug-likeness (QED) is 0.750. The molecule has 1 amide bonds. The molecule has 9 nitrogen and oxygen atoms in total. The first-order valence-corrected chi connectivity index (χ1v) is 7.67. The molecule has 4 rings (SSSR count). The van der Waals surface area contributed by atoms with E-state index in [4.69, 9.17) is 0 Å². The maximum atomic E-state index is 12.2. The maximum absolute atomic E-state index is 12.2. The minimum absolute atomic E-state index is 0.111. The summed E-state index contributed by atoms with van der Waals surface area (Å²) in [5.74, 6) is -2.21. The van der Waals surface area contributed by atoms with Crippen molar-refractivity contribution in [2.45, 2.75) is 18.4 Å². The van der Waals surface area contributed by atoms with E-state index >= 15 is 0 Å². The molecule has 1 saturated heterocycles. The predicted octanol–water partition coefficient (Wildman–Crippen LogP) is -0.0509. The number of rotatable bonds is 3. The number of hydrogen-bond donors (Lipinski definition) is 2. The summed E-state index contributed by atoms with van der Waals surface area (Å²) in [5, 5.41) is 19.2. The number of carbonyl (C=O) groups is 2. The third-order valence-electron chi connectivity index (χ3n) is 3.91. The molecule has 2 N–H and O–H groups in total. The summed E-state index contributed by atoms with van der Waals surface area (Å²) in [4.78, 5) is 37.2. The van der Waals surface area contributed by atoms with Crippen LogP contribution in [-0.4, -0.2) is 58.0 Å². The highest BCUT2D eigenvalue weighted by Crippen LogP contribution is 2.52. The molecule has 2 aromatic rings. The Kier molecular flexibility index (Phi) is 2.93. The second-order valence-electron chi connectivity index (χ2n) is 5.29. The monoisotopic (exact) mass is 333 g/mol. The Morgan fingerprint density at radius 2 is 2.22 bits per heavy atom. The van der Waals surface area contributed by atoms with Gasteiger partial charge in [0.05, 0.1) is 18.2 Å². The summed E-state index contributed by atoms with van der Waals surface area (Å²) in [6.07, 6.45) is 3.49. The van der Waals surface area contributed by atoms with Crippen molar-refractivity contribution < 1.29 is 19.8 Å². The maximum Gasteiger partial charge on any atom is 0.355 e. The first-order chi connectivity index (χ1) is 11.0. The second-order valence-corrected chi connectivity index (χ2v) is 6.39. The van der Waals surface area contributed by atoms with Gasteiger partial charge in [-0.1, -0.05) is 11.8 Å². The van der Waals surface area contributed by atoms with Crippen LogP contribution in [0.25, 0.3) is 16.2 Å². The Hall–Kier alpha value is -2.46. The standard InChI is InChI=1S/C13H11N5O4S/c1-5(19)7-10(20)18-8(13(21)22)12(23-11(7)18)17-4-16-6-2-14-3-15-9(6)17/h2-5,7,11,19H,1H3,(H,21,22)/t5?,7-,11+/m0/s1. The minimum atomic E-state index is -1.21. The number of imidazole rings is 1. The third-order valence-corrected chi connectivity index (χ3v) is 5.27. The average Bonchev–Trinajstić information content (AvgIpc) is 3.05. The number of aliphatic hydroxyl groups is 1. The van der Waals surface area contributed by atoms with Crippen LogP contribution < -0.4 is 0 Å². The molecule has 118 valence electrons. The van der Waals surface area contributed by atoms with Gasteiger partial charge in [0.2, 0.25) is 5.91 Å². The van der Waals surface area contributed by atoms with Crippen molar-refractivity contribution in [3.05, 3.63) is 24.5 Å². The molecule has 0 bridgehead atoms. The number of carboxylic acids is 1. The van der Waals surface area contributed by atoms with Gasteiger partial charge in [0.15, 0.2) is 11.3 Å². The van der Waals surface area contributed by atoms with E-state index in [-0.39, 0.29) is 11.6 Å². The fourth-order valence-electron chi connectivity index (χ4n) is 2.85. The van der Waals surface area contributed by atoms with E-state index in [2.05, 4.69) is 15.0 Å². The number of β-lactam (4-membered cyclic amide) rings is 1. The number of nitrogens with zero attached hydrogens (tertiary/aromatic N) is 5. The van der Waals surface area contributed by atoms with Gasteiger partial charge < -0.3 is 10.2 Å². The molecular formula is C13H11N5O4S. The highest BCUT2D eigenvalue weighted by Gasteiger charge is 2.58. The summed E-state index contributed by atoms with van der Waals surface area (Å²) in [6, 6.07) is 0. The normalized spacial score (nSPS) is 24.8. The zero-order valence-corrected chi connectivity index (χ0v) is 12.6. The SMILES string of the molecule is CC(O)[C@H]1C(=O)N2C(C(=O)O)=C(n3cnc4cncnc43)S[C@H]12. The number of thioether (sulfide) groups is 1. The molecule has 3 atom stereocenters. The lowest BCUT2D eigenvalue weighted by molar-refractivity contribution is -0.156. The molecule has 0 saturated carbocycles. The number of aliphatic carboxylic acids is 1. The van der Waals surface area contributed by atoms with E-state index in [1.807, 2.05) is 0 Å². The van der Waals surface area contributed by atoms with Crippen LogP contribution >= 0.6 is 11.8 Å². The zero-order chi connectivity index (χ0) is 16.3. The molecule has 0 radical (unpaired) electrons. The molecule has 1 fully saturated rings. The van der Waals surface area contributed by atoms with Crippen LogP contribution in [0.2, 0.25) is 0 Å². The molecule has 0 spiro atoms. The lowest BCUT2D eigenvalue weighted by Crippen LogP contribution is -2.60. The Morgan fingerprint density at radius 3 is 2.91 bits per heavy atom. The lowest BCUT2D eigenvalue weighted by Gasteiger charge is -2.43. The molecule has 0 aliphatic carbocycles. The number of aromatic nitrogens is 4. The molecule has 1 unspecified atom stereocenters. The van der Waals surface area contributed by atoms with Crippen molar-refractivity contribution in [1.29, 1.82) is 0 Å². The molecule has 2 aliphatic rings. The Labute approximate surface area is 133 Å². The summed E-state index contributed by atoms with van der Waals surface area (Å²) in [6.45, 7) is 1.53. The van der Waals surface area contributed by atoms with Crippen LogP contribution in [0.15, 0.2) is 24.5 Å². The molecule has 2 aromatic heterocycles. The number of carboxylic acid groups (broad SMARTS) is 1. The average molecular weight is 333 g/mol. The van der Waals surface area contributed by atoms with Crippen molar-refractivity contribution in [2.24, 2.45) is 5.92 Å². The van der Waals surface area contributed by atoms with Crippen LogP contribution in [0.4, 0.5) is 0 Å². The number of amides is 1. The van der Waals surface area contributed by atoms with E-state index in [0.29, 0.717) is 16.2 Å². The molecule has 2 aliphatic heterocycles. The van der Waals surface area contributed by atoms with Crippen molar-refractivity contribution in [1.82, 2.24) is 24.4 Å². The second kappa shape index (κ2) is 4.77. The van der Waals surface area contributed by atoms with Crippen molar-refractivity contribution in [3.8, 4) is 0 Å². The van der Waals surface area contributed by atoms with Gasteiger partial charge >= 0.3 is 5.97 Å². The topological polar surface area (TPSA) is 121 Å². The molecule has 4 heterocycles. The molecule has 0 aromatic carbocycles. The highest BCUT2D eigenvalue weighted by atomic mass is 32.2. The predicted molar refractivity (Wildman–Crippen MR) is 79.6 cm³/mol. The van der Waals surface area contributed by atoms with Gasteiger partial charge in [0.25, 0.3) is 0 Å². The lowest BCUT2D eigenvalue weighted by atomic mass is 9.92. The first kappa shape index (κ1) is 14.2. The van der Waals surface area contributed by atoms with Crippen molar-refractivity contribution >= 4 is 39.8 Å². The van der Waals surface area contributed by atoms with Gasteiger partial charge in [0.1, 0.15) is 28.6 Å². The smallest absolute Gasteiger partial charge is 0.355 e. The molecule has 10 heteroatoms. The first-order valence-electron chi connectivity index (χ1n) is 6.79. The number of fused-ring (bicyclic) bond motifs is 2. The van der Waals surface area contributed by atoms with Crippen LogP contribution in [0.1, 0.15) is 6.92 Å².